The first-order valence-electron chi connectivity index (χ1n) is 3.27. The molecular weight excluding hydrogens is 195 g/mol. The van der Waals surface area contributed by atoms with Gasteiger partial charge in [-0.25, -0.2) is 13.3 Å². The summed E-state index contributed by atoms with van der Waals surface area (Å²) < 4.78 is 30.3. The molecule has 0 aliphatic heterocycles. The summed E-state index contributed by atoms with van der Waals surface area (Å²) in [6.07, 6.45) is -2.09. The summed E-state index contributed by atoms with van der Waals surface area (Å²) in [5.41, 5.74) is 0. The molecule has 0 heterocycles. The molecule has 0 saturated heterocycles. The van der Waals surface area contributed by atoms with Gasteiger partial charge in [-0.2, -0.15) is 0 Å². The fraction of sp³-hybridized carbons (Fsp3) is 1.00. The molecule has 0 aromatic rings. The van der Waals surface area contributed by atoms with E-state index < -0.39 is 28.1 Å². The van der Waals surface area contributed by atoms with Crippen molar-refractivity contribution >= 4 is 10.1 Å². The molecule has 2 unspecified atom stereocenters. The molecule has 0 amide bonds. The van der Waals surface area contributed by atoms with Crippen LogP contribution < -0.4 is 18.9 Å². The number of rotatable bonds is 5. The Morgan fingerprint density at radius 2 is 2.00 bits per heavy atom. The summed E-state index contributed by atoms with van der Waals surface area (Å²) in [5, 5.41) is 17.0. The molecule has 0 radical (unpaired) electrons. The van der Waals surface area contributed by atoms with Crippen molar-refractivity contribution in [2.75, 3.05) is 5.75 Å². The summed E-state index contributed by atoms with van der Waals surface area (Å²) in [6.45, 7) is 1.43. The van der Waals surface area contributed by atoms with Crippen LogP contribution in [0.3, 0.4) is 0 Å². The second-order valence-corrected chi connectivity index (χ2v) is 3.98. The van der Waals surface area contributed by atoms with Crippen LogP contribution in [-0.2, 0) is 15.0 Å². The molecule has 8 heteroatoms. The van der Waals surface area contributed by atoms with Gasteiger partial charge in [0.15, 0.2) is 0 Å². The summed E-state index contributed by atoms with van der Waals surface area (Å²) in [5.74, 6) is -0.860. The van der Waals surface area contributed by atoms with Gasteiger partial charge >= 0.3 is 18.9 Å². The summed E-state index contributed by atoms with van der Waals surface area (Å²) in [7, 11) is -4.41. The van der Waals surface area contributed by atoms with E-state index in [1.54, 1.807) is 0 Å². The second-order valence-electron chi connectivity index (χ2n) is 2.53. The third kappa shape index (κ3) is 10.3. The van der Waals surface area contributed by atoms with E-state index in [2.05, 4.69) is 4.89 Å². The smallest absolute Gasteiger partial charge is 0.748 e. The van der Waals surface area contributed by atoms with Crippen LogP contribution in [0.1, 0.15) is 13.3 Å². The maximum absolute atomic E-state index is 10.1. The SMILES string of the molecule is CC(CC(O)CS(=O)(=O)[O-])OO.[Li+]. The fourth-order valence-corrected chi connectivity index (χ4v) is 1.34. The van der Waals surface area contributed by atoms with Crippen molar-refractivity contribution < 1.29 is 47.1 Å². The van der Waals surface area contributed by atoms with E-state index in [-0.39, 0.29) is 25.3 Å². The monoisotopic (exact) mass is 206 g/mol. The van der Waals surface area contributed by atoms with Crippen molar-refractivity contribution in [2.45, 2.75) is 25.6 Å². The third-order valence-corrected chi connectivity index (χ3v) is 1.97. The van der Waals surface area contributed by atoms with Crippen LogP contribution in [0.4, 0.5) is 0 Å². The zero-order chi connectivity index (χ0) is 9.78. The van der Waals surface area contributed by atoms with Crippen molar-refractivity contribution in [1.29, 1.82) is 0 Å². The minimum atomic E-state index is -4.41. The van der Waals surface area contributed by atoms with Gasteiger partial charge in [0.2, 0.25) is 0 Å². The fourth-order valence-electron chi connectivity index (χ4n) is 0.730. The van der Waals surface area contributed by atoms with Crippen LogP contribution in [0.2, 0.25) is 0 Å². The Labute approximate surface area is 88.8 Å². The number of aliphatic hydroxyl groups is 1. The molecule has 0 aromatic heterocycles. The molecule has 0 fully saturated rings. The first-order valence-corrected chi connectivity index (χ1v) is 4.84. The Bertz CT molecular complexity index is 215. The van der Waals surface area contributed by atoms with Gasteiger partial charge in [0, 0.05) is 6.42 Å². The number of hydrogen-bond donors (Lipinski definition) is 2. The Balaban J connectivity index is 0. The summed E-state index contributed by atoms with van der Waals surface area (Å²) in [4.78, 5) is 3.78. The van der Waals surface area contributed by atoms with E-state index >= 15 is 0 Å². The van der Waals surface area contributed by atoms with Gasteiger partial charge in [-0.05, 0) is 6.92 Å². The van der Waals surface area contributed by atoms with Gasteiger partial charge in [-0.3, -0.25) is 5.26 Å². The molecule has 2 atom stereocenters. The van der Waals surface area contributed by atoms with Crippen LogP contribution >= 0.6 is 0 Å². The summed E-state index contributed by atoms with van der Waals surface area (Å²) in [6, 6.07) is 0. The first kappa shape index (κ1) is 15.8. The van der Waals surface area contributed by atoms with Gasteiger partial charge < -0.3 is 9.66 Å². The molecule has 2 N–H and O–H groups in total. The topological polar surface area (TPSA) is 107 Å². The van der Waals surface area contributed by atoms with E-state index in [1.807, 2.05) is 0 Å². The van der Waals surface area contributed by atoms with Crippen molar-refractivity contribution in [3.8, 4) is 0 Å². The molecule has 0 aromatic carbocycles. The van der Waals surface area contributed by atoms with E-state index in [0.717, 1.165) is 0 Å². The predicted octanol–water partition coefficient (Wildman–Crippen LogP) is -3.84. The molecule has 0 bridgehead atoms. The van der Waals surface area contributed by atoms with Crippen LogP contribution in [0.15, 0.2) is 0 Å². The Hall–Kier alpha value is 0.387. The average molecular weight is 206 g/mol. The minimum Gasteiger partial charge on any atom is -0.748 e. The van der Waals surface area contributed by atoms with Crippen molar-refractivity contribution in [1.82, 2.24) is 0 Å². The molecule has 6 nitrogen and oxygen atoms in total. The number of hydrogen-bond acceptors (Lipinski definition) is 6. The molecule has 0 aliphatic carbocycles. The third-order valence-electron chi connectivity index (χ3n) is 1.18. The second kappa shape index (κ2) is 6.78. The molecule has 0 saturated carbocycles. The van der Waals surface area contributed by atoms with E-state index in [0.29, 0.717) is 0 Å². The van der Waals surface area contributed by atoms with Crippen LogP contribution in [0.25, 0.3) is 0 Å². The summed E-state index contributed by atoms with van der Waals surface area (Å²) >= 11 is 0. The molecule has 74 valence electrons. The molecule has 0 spiro atoms. The van der Waals surface area contributed by atoms with Crippen molar-refractivity contribution in [3.05, 3.63) is 0 Å². The first-order chi connectivity index (χ1) is 5.35. The average Bonchev–Trinajstić information content (AvgIpc) is 1.82. The maximum atomic E-state index is 10.1. The van der Waals surface area contributed by atoms with Gasteiger partial charge in [0.05, 0.1) is 28.1 Å². The Kier molecular flexibility index (Phi) is 8.27. The maximum Gasteiger partial charge on any atom is 1.00 e. The molecular formula is C5H11LiO6S. The standard InChI is InChI=1S/C5H12O6S.Li/c1-4(11-7)2-5(6)3-12(8,9)10;/h4-7H,2-3H2,1H3,(H,8,9,10);/q;+1/p-1. The zero-order valence-corrected chi connectivity index (χ0v) is 8.32. The Morgan fingerprint density at radius 1 is 1.54 bits per heavy atom. The van der Waals surface area contributed by atoms with E-state index in [9.17, 15) is 13.0 Å². The zero-order valence-electron chi connectivity index (χ0n) is 7.50. The van der Waals surface area contributed by atoms with Gasteiger partial charge in [0.25, 0.3) is 0 Å². The molecule has 0 rings (SSSR count). The van der Waals surface area contributed by atoms with Crippen molar-refractivity contribution in [3.63, 3.8) is 0 Å². The van der Waals surface area contributed by atoms with Crippen LogP contribution in [-0.4, -0.2) is 41.3 Å². The van der Waals surface area contributed by atoms with E-state index in [1.165, 1.54) is 6.92 Å². The number of aliphatic hydroxyl groups excluding tert-OH is 1. The van der Waals surface area contributed by atoms with Crippen LogP contribution in [0.5, 0.6) is 0 Å². The van der Waals surface area contributed by atoms with E-state index in [4.69, 9.17) is 10.4 Å². The normalized spacial score (nSPS) is 16.0. The van der Waals surface area contributed by atoms with Crippen LogP contribution in [0, 0.1) is 0 Å². The van der Waals surface area contributed by atoms with Gasteiger partial charge in [-0.15, -0.1) is 0 Å². The molecule has 13 heavy (non-hydrogen) atoms. The van der Waals surface area contributed by atoms with Gasteiger partial charge in [-0.1, -0.05) is 0 Å². The quantitative estimate of drug-likeness (QED) is 0.206. The Morgan fingerprint density at radius 3 is 2.31 bits per heavy atom. The predicted molar refractivity (Wildman–Crippen MR) is 38.4 cm³/mol. The molecule has 0 aliphatic rings. The largest absolute Gasteiger partial charge is 1.00 e. The van der Waals surface area contributed by atoms with Crippen molar-refractivity contribution in [2.24, 2.45) is 0 Å². The van der Waals surface area contributed by atoms with Gasteiger partial charge in [0.1, 0.15) is 0 Å². The minimum absolute atomic E-state index is 0.